The fourth-order valence-corrected chi connectivity index (χ4v) is 4.14. The predicted molar refractivity (Wildman–Crippen MR) is 111 cm³/mol. The Morgan fingerprint density at radius 1 is 1.23 bits per heavy atom. The largest absolute Gasteiger partial charge is 0.507 e. The number of rotatable bonds is 5. The number of hydrogen-bond donors (Lipinski definition) is 2. The van der Waals surface area contributed by atoms with Crippen LogP contribution in [0.3, 0.4) is 0 Å². The number of nitrogens with two attached hydrogens (primary N) is 1. The van der Waals surface area contributed by atoms with Crippen molar-refractivity contribution in [3.05, 3.63) is 87.7 Å². The normalized spacial score (nSPS) is 14.8. The molecule has 0 saturated carbocycles. The number of benzene rings is 2. The lowest BCUT2D eigenvalue weighted by molar-refractivity contribution is 0.0649. The van der Waals surface area contributed by atoms with Gasteiger partial charge in [0.2, 0.25) is 0 Å². The van der Waals surface area contributed by atoms with Gasteiger partial charge in [0.25, 0.3) is 11.8 Å². The number of aromatic nitrogens is 2. The maximum absolute atomic E-state index is 14.5. The smallest absolute Gasteiger partial charge is 0.269 e. The summed E-state index contributed by atoms with van der Waals surface area (Å²) in [7, 11) is 0. The molecule has 158 valence electrons. The van der Waals surface area contributed by atoms with Crippen molar-refractivity contribution in [2.45, 2.75) is 25.4 Å². The summed E-state index contributed by atoms with van der Waals surface area (Å²) in [4.78, 5) is 34.9. The number of fused-ring (bicyclic) bond motifs is 1. The quantitative estimate of drug-likeness (QED) is 0.631. The minimum absolute atomic E-state index is 0.0620. The summed E-state index contributed by atoms with van der Waals surface area (Å²) in [6.07, 6.45) is 3.58. The van der Waals surface area contributed by atoms with Gasteiger partial charge in [0.05, 0.1) is 23.8 Å². The Bertz CT molecular complexity index is 1190. The molecule has 7 nitrogen and oxygen atoms in total. The van der Waals surface area contributed by atoms with Crippen LogP contribution in [-0.2, 0) is 13.0 Å². The Kier molecular flexibility index (Phi) is 5.56. The Hall–Kier alpha value is -3.52. The lowest BCUT2D eigenvalue weighted by Crippen LogP contribution is -2.35. The van der Waals surface area contributed by atoms with E-state index in [2.05, 4.69) is 9.97 Å². The minimum atomic E-state index is -0.779. The summed E-state index contributed by atoms with van der Waals surface area (Å²) >= 11 is 6.08. The van der Waals surface area contributed by atoms with Crippen molar-refractivity contribution in [1.29, 1.82) is 0 Å². The van der Waals surface area contributed by atoms with E-state index in [9.17, 15) is 19.1 Å². The fourth-order valence-electron chi connectivity index (χ4n) is 3.93. The Balaban J connectivity index is 1.81. The molecule has 9 heteroatoms. The summed E-state index contributed by atoms with van der Waals surface area (Å²) in [5.41, 5.74) is 6.70. The van der Waals surface area contributed by atoms with E-state index < -0.39 is 23.7 Å². The van der Waals surface area contributed by atoms with E-state index in [1.54, 1.807) is 18.2 Å². The van der Waals surface area contributed by atoms with E-state index in [4.69, 9.17) is 17.3 Å². The van der Waals surface area contributed by atoms with Crippen molar-refractivity contribution < 1.29 is 19.1 Å². The monoisotopic (exact) mass is 440 g/mol. The number of hydrogen-bond acceptors (Lipinski definition) is 5. The molecule has 0 aliphatic heterocycles. The first-order valence-electron chi connectivity index (χ1n) is 9.53. The second-order valence-corrected chi connectivity index (χ2v) is 7.61. The highest BCUT2D eigenvalue weighted by atomic mass is 35.5. The van der Waals surface area contributed by atoms with Gasteiger partial charge in [-0.1, -0.05) is 23.7 Å². The summed E-state index contributed by atoms with van der Waals surface area (Å²) in [6.45, 7) is -0.114. The number of nitrogens with zero attached hydrogens (tertiary/aromatic N) is 3. The topological polar surface area (TPSA) is 109 Å². The highest BCUT2D eigenvalue weighted by Crippen LogP contribution is 2.40. The molecule has 1 atom stereocenters. The van der Waals surface area contributed by atoms with Crippen LogP contribution in [0.25, 0.3) is 0 Å². The first-order valence-corrected chi connectivity index (χ1v) is 9.91. The van der Waals surface area contributed by atoms with Crippen LogP contribution < -0.4 is 5.73 Å². The predicted octanol–water partition coefficient (Wildman–Crippen LogP) is 3.40. The first kappa shape index (κ1) is 20.7. The number of phenols is 1. The van der Waals surface area contributed by atoms with Crippen LogP contribution in [-0.4, -0.2) is 31.8 Å². The molecule has 4 rings (SSSR count). The van der Waals surface area contributed by atoms with Crippen LogP contribution in [0, 0.1) is 5.82 Å². The van der Waals surface area contributed by atoms with Gasteiger partial charge in [-0.3, -0.25) is 14.6 Å². The van der Waals surface area contributed by atoms with Gasteiger partial charge < -0.3 is 15.7 Å². The molecule has 31 heavy (non-hydrogen) atoms. The van der Waals surface area contributed by atoms with E-state index in [1.807, 2.05) is 0 Å². The maximum Gasteiger partial charge on any atom is 0.269 e. The van der Waals surface area contributed by atoms with Gasteiger partial charge in [-0.25, -0.2) is 9.37 Å². The highest BCUT2D eigenvalue weighted by molar-refractivity contribution is 6.30. The van der Waals surface area contributed by atoms with Crippen molar-refractivity contribution in [2.75, 3.05) is 0 Å². The summed E-state index contributed by atoms with van der Waals surface area (Å²) in [6, 6.07) is 8.46. The van der Waals surface area contributed by atoms with Gasteiger partial charge in [0, 0.05) is 17.4 Å². The van der Waals surface area contributed by atoms with Gasteiger partial charge in [0.1, 0.15) is 11.6 Å². The lowest BCUT2D eigenvalue weighted by Gasteiger charge is -2.30. The van der Waals surface area contributed by atoms with E-state index >= 15 is 0 Å². The molecule has 0 unspecified atom stereocenters. The molecule has 1 aromatic heterocycles. The molecule has 1 aliphatic carbocycles. The van der Waals surface area contributed by atoms with Crippen LogP contribution in [0.1, 0.15) is 50.1 Å². The van der Waals surface area contributed by atoms with Gasteiger partial charge in [-0.2, -0.15) is 0 Å². The molecule has 3 aromatic rings. The van der Waals surface area contributed by atoms with Crippen molar-refractivity contribution >= 4 is 23.4 Å². The van der Waals surface area contributed by atoms with Gasteiger partial charge in [0.15, 0.2) is 5.69 Å². The van der Waals surface area contributed by atoms with E-state index in [1.165, 1.54) is 35.5 Å². The second kappa shape index (κ2) is 8.31. The number of halogens is 2. The van der Waals surface area contributed by atoms with E-state index in [0.29, 0.717) is 24.0 Å². The Labute approximate surface area is 182 Å². The number of carbonyl (C=O) groups excluding carboxylic acids is 2. The van der Waals surface area contributed by atoms with Gasteiger partial charge in [-0.05, 0) is 48.2 Å². The molecule has 0 radical (unpaired) electrons. The molecular weight excluding hydrogens is 423 g/mol. The molecular formula is C22H18ClFN4O3. The molecule has 0 fully saturated rings. The fraction of sp³-hybridized carbons (Fsp3) is 0.182. The third-order valence-electron chi connectivity index (χ3n) is 5.32. The molecule has 2 amide bonds. The Morgan fingerprint density at radius 3 is 2.71 bits per heavy atom. The number of primary amides is 1. The number of phenolic OH excluding ortho intramolecular Hbond substituents is 1. The molecule has 1 aliphatic rings. The van der Waals surface area contributed by atoms with Crippen LogP contribution in [0.15, 0.2) is 48.8 Å². The minimum Gasteiger partial charge on any atom is -0.507 e. The van der Waals surface area contributed by atoms with Crippen molar-refractivity contribution in [2.24, 2.45) is 5.73 Å². The highest BCUT2D eigenvalue weighted by Gasteiger charge is 2.35. The van der Waals surface area contributed by atoms with Crippen LogP contribution in [0.4, 0.5) is 4.39 Å². The van der Waals surface area contributed by atoms with E-state index in [0.717, 1.165) is 0 Å². The Morgan fingerprint density at radius 2 is 1.97 bits per heavy atom. The molecule has 0 spiro atoms. The summed E-state index contributed by atoms with van der Waals surface area (Å²) < 4.78 is 14.5. The molecule has 0 bridgehead atoms. The standard InChI is InChI=1S/C22H18ClFN4O3/c23-12-9-15-13(16(24)10-12)5-6-18(15)28(22(31)14-3-1-2-4-19(14)29)11-17-20(21(25)30)27-8-7-26-17/h1-4,7-10,18,29H,5-6,11H2,(H2,25,30)/t18-/m1/s1. The third-order valence-corrected chi connectivity index (χ3v) is 5.54. The zero-order valence-corrected chi connectivity index (χ0v) is 17.0. The molecule has 0 saturated heterocycles. The van der Waals surface area contributed by atoms with Gasteiger partial charge >= 0.3 is 0 Å². The maximum atomic E-state index is 14.5. The van der Waals surface area contributed by atoms with Crippen molar-refractivity contribution in [1.82, 2.24) is 14.9 Å². The molecule has 3 N–H and O–H groups in total. The SMILES string of the molecule is NC(=O)c1nccnc1CN(C(=O)c1ccccc1O)[C@@H]1CCc2c(F)cc(Cl)cc21. The van der Waals surface area contributed by atoms with Gasteiger partial charge in [-0.15, -0.1) is 0 Å². The second-order valence-electron chi connectivity index (χ2n) is 7.18. The van der Waals surface area contributed by atoms with Crippen molar-refractivity contribution in [3.8, 4) is 5.75 Å². The average Bonchev–Trinajstić information content (AvgIpc) is 3.16. The first-order chi connectivity index (χ1) is 14.9. The lowest BCUT2D eigenvalue weighted by atomic mass is 10.0. The number of amides is 2. The summed E-state index contributed by atoms with van der Waals surface area (Å²) in [5, 5.41) is 10.5. The van der Waals surface area contributed by atoms with Crippen molar-refractivity contribution in [3.63, 3.8) is 0 Å². The summed E-state index contributed by atoms with van der Waals surface area (Å²) in [5.74, 6) is -1.91. The third kappa shape index (κ3) is 3.94. The zero-order chi connectivity index (χ0) is 22.1. The number of para-hydroxylation sites is 1. The molecule has 1 heterocycles. The van der Waals surface area contributed by atoms with E-state index in [-0.39, 0.29) is 34.3 Å². The van der Waals surface area contributed by atoms with Crippen LogP contribution >= 0.6 is 11.6 Å². The number of carbonyl (C=O) groups is 2. The van der Waals surface area contributed by atoms with Crippen LogP contribution in [0.2, 0.25) is 5.02 Å². The average molecular weight is 441 g/mol. The van der Waals surface area contributed by atoms with Crippen LogP contribution in [0.5, 0.6) is 5.75 Å². The zero-order valence-electron chi connectivity index (χ0n) is 16.3. The molecule has 2 aromatic carbocycles. The number of aromatic hydroxyl groups is 1.